The first-order valence-corrected chi connectivity index (χ1v) is 4.20. The van der Waals surface area contributed by atoms with Crippen LogP contribution in [0.3, 0.4) is 0 Å². The first-order valence-electron chi connectivity index (χ1n) is 4.20. The first-order chi connectivity index (χ1) is 5.59. The van der Waals surface area contributed by atoms with Crippen molar-refractivity contribution in [1.82, 2.24) is 4.98 Å². The maximum Gasteiger partial charge on any atom is 0.194 e. The zero-order chi connectivity index (χ0) is 9.14. The number of aryl methyl sites for hydroxylation is 3. The van der Waals surface area contributed by atoms with E-state index in [2.05, 4.69) is 4.98 Å². The summed E-state index contributed by atoms with van der Waals surface area (Å²) < 4.78 is 5.34. The van der Waals surface area contributed by atoms with E-state index in [1.165, 1.54) is 0 Å². The summed E-state index contributed by atoms with van der Waals surface area (Å²) in [5.41, 5.74) is 0.940. The second kappa shape index (κ2) is 3.72. The highest BCUT2D eigenvalue weighted by Crippen LogP contribution is 2.10. The molecule has 1 unspecified atom stereocenters. The van der Waals surface area contributed by atoms with Crippen LogP contribution in [-0.2, 0) is 6.42 Å². The third-order valence-electron chi connectivity index (χ3n) is 1.85. The molecule has 0 spiro atoms. The van der Waals surface area contributed by atoms with Gasteiger partial charge in [0, 0.05) is 6.42 Å². The van der Waals surface area contributed by atoms with Crippen molar-refractivity contribution in [2.24, 2.45) is 0 Å². The number of hydrogen-bond acceptors (Lipinski definition) is 3. The summed E-state index contributed by atoms with van der Waals surface area (Å²) in [7, 11) is 0. The van der Waals surface area contributed by atoms with Gasteiger partial charge in [0.25, 0.3) is 0 Å². The molecule has 1 aromatic rings. The molecule has 1 aromatic heterocycles. The summed E-state index contributed by atoms with van der Waals surface area (Å²) in [5, 5.41) is 9.02. The van der Waals surface area contributed by atoms with Crippen molar-refractivity contribution in [1.29, 1.82) is 0 Å². The Labute approximate surface area is 72.4 Å². The molecule has 0 amide bonds. The lowest BCUT2D eigenvalue weighted by molar-refractivity contribution is 0.181. The number of nitrogens with zero attached hydrogens (tertiary/aromatic N) is 1. The van der Waals surface area contributed by atoms with Crippen LogP contribution >= 0.6 is 0 Å². The summed E-state index contributed by atoms with van der Waals surface area (Å²) in [6, 6.07) is 0. The molecule has 0 aromatic carbocycles. The molecule has 1 heterocycles. The Hall–Kier alpha value is -0.830. The zero-order valence-electron chi connectivity index (χ0n) is 7.79. The van der Waals surface area contributed by atoms with Crippen molar-refractivity contribution < 1.29 is 9.52 Å². The van der Waals surface area contributed by atoms with E-state index in [0.717, 1.165) is 17.3 Å². The number of hydrogen-bond donors (Lipinski definition) is 1. The van der Waals surface area contributed by atoms with Gasteiger partial charge in [-0.25, -0.2) is 4.98 Å². The number of oxazole rings is 1. The fraction of sp³-hybridized carbons (Fsp3) is 0.667. The van der Waals surface area contributed by atoms with E-state index in [9.17, 15) is 0 Å². The average Bonchev–Trinajstić information content (AvgIpc) is 2.28. The standard InChI is InChI=1S/C9H15NO2/c1-6(11)4-5-9-10-7(2)8(3)12-9/h6,11H,4-5H2,1-3H3. The molecule has 0 saturated heterocycles. The van der Waals surface area contributed by atoms with E-state index in [1.54, 1.807) is 6.92 Å². The lowest BCUT2D eigenvalue weighted by atomic mass is 10.2. The van der Waals surface area contributed by atoms with Crippen molar-refractivity contribution in [3.8, 4) is 0 Å². The van der Waals surface area contributed by atoms with Crippen molar-refractivity contribution in [2.45, 2.75) is 39.7 Å². The number of aliphatic hydroxyl groups excluding tert-OH is 1. The van der Waals surface area contributed by atoms with Gasteiger partial charge in [0.15, 0.2) is 5.89 Å². The molecule has 0 bridgehead atoms. The van der Waals surface area contributed by atoms with Crippen LogP contribution in [0.15, 0.2) is 4.42 Å². The molecular formula is C9H15NO2. The van der Waals surface area contributed by atoms with E-state index >= 15 is 0 Å². The Morgan fingerprint density at radius 1 is 1.50 bits per heavy atom. The molecule has 1 atom stereocenters. The van der Waals surface area contributed by atoms with Crippen molar-refractivity contribution >= 4 is 0 Å². The molecule has 3 heteroatoms. The van der Waals surface area contributed by atoms with Crippen LogP contribution in [0, 0.1) is 13.8 Å². The number of aliphatic hydroxyl groups is 1. The number of rotatable bonds is 3. The minimum absolute atomic E-state index is 0.280. The Balaban J connectivity index is 2.53. The van der Waals surface area contributed by atoms with Crippen LogP contribution < -0.4 is 0 Å². The molecular weight excluding hydrogens is 154 g/mol. The van der Waals surface area contributed by atoms with E-state index < -0.39 is 0 Å². The van der Waals surface area contributed by atoms with Gasteiger partial charge in [0.05, 0.1) is 11.8 Å². The first kappa shape index (κ1) is 9.26. The molecule has 0 saturated carbocycles. The van der Waals surface area contributed by atoms with Gasteiger partial charge in [-0.05, 0) is 27.2 Å². The molecule has 0 radical (unpaired) electrons. The van der Waals surface area contributed by atoms with E-state index in [-0.39, 0.29) is 6.10 Å². The van der Waals surface area contributed by atoms with Crippen molar-refractivity contribution in [3.63, 3.8) is 0 Å². The monoisotopic (exact) mass is 169 g/mol. The molecule has 12 heavy (non-hydrogen) atoms. The Kier molecular flexibility index (Phi) is 2.87. The summed E-state index contributed by atoms with van der Waals surface area (Å²) in [6.07, 6.45) is 1.14. The quantitative estimate of drug-likeness (QED) is 0.747. The van der Waals surface area contributed by atoms with Crippen LogP contribution in [0.2, 0.25) is 0 Å². The topological polar surface area (TPSA) is 46.3 Å². The minimum Gasteiger partial charge on any atom is -0.446 e. The fourth-order valence-corrected chi connectivity index (χ4v) is 0.978. The maximum absolute atomic E-state index is 9.02. The van der Waals surface area contributed by atoms with Gasteiger partial charge < -0.3 is 9.52 Å². The van der Waals surface area contributed by atoms with Gasteiger partial charge in [-0.3, -0.25) is 0 Å². The van der Waals surface area contributed by atoms with Gasteiger partial charge in [-0.2, -0.15) is 0 Å². The van der Waals surface area contributed by atoms with Gasteiger partial charge >= 0.3 is 0 Å². The van der Waals surface area contributed by atoms with E-state index in [1.807, 2.05) is 13.8 Å². The van der Waals surface area contributed by atoms with E-state index in [4.69, 9.17) is 9.52 Å². The smallest absolute Gasteiger partial charge is 0.194 e. The van der Waals surface area contributed by atoms with Crippen LogP contribution in [0.1, 0.15) is 30.7 Å². The molecule has 1 rings (SSSR count). The Morgan fingerprint density at radius 3 is 2.58 bits per heavy atom. The third-order valence-corrected chi connectivity index (χ3v) is 1.85. The molecule has 3 nitrogen and oxygen atoms in total. The third kappa shape index (κ3) is 2.34. The summed E-state index contributed by atoms with van der Waals surface area (Å²) in [4.78, 5) is 4.20. The van der Waals surface area contributed by atoms with Gasteiger partial charge in [-0.1, -0.05) is 0 Å². The minimum atomic E-state index is -0.280. The highest BCUT2D eigenvalue weighted by Gasteiger charge is 2.06. The van der Waals surface area contributed by atoms with Gasteiger partial charge in [0.1, 0.15) is 5.76 Å². The fourth-order valence-electron chi connectivity index (χ4n) is 0.978. The largest absolute Gasteiger partial charge is 0.446 e. The molecule has 1 N–H and O–H groups in total. The number of aromatic nitrogens is 1. The van der Waals surface area contributed by atoms with Crippen LogP contribution in [0.25, 0.3) is 0 Å². The van der Waals surface area contributed by atoms with Crippen molar-refractivity contribution in [3.05, 3.63) is 17.3 Å². The SMILES string of the molecule is Cc1nc(CCC(C)O)oc1C. The molecule has 0 fully saturated rings. The van der Waals surface area contributed by atoms with Gasteiger partial charge in [-0.15, -0.1) is 0 Å². The summed E-state index contributed by atoms with van der Waals surface area (Å²) in [5.74, 6) is 1.60. The predicted molar refractivity (Wildman–Crippen MR) is 46.0 cm³/mol. The summed E-state index contributed by atoms with van der Waals surface area (Å²) >= 11 is 0. The second-order valence-electron chi connectivity index (χ2n) is 3.14. The second-order valence-corrected chi connectivity index (χ2v) is 3.14. The molecule has 0 aliphatic rings. The highest BCUT2D eigenvalue weighted by molar-refractivity contribution is 5.05. The lowest BCUT2D eigenvalue weighted by Gasteiger charge is -1.98. The molecule has 0 aliphatic carbocycles. The normalized spacial score (nSPS) is 13.3. The summed E-state index contributed by atoms with van der Waals surface area (Å²) in [6.45, 7) is 5.58. The lowest BCUT2D eigenvalue weighted by Crippen LogP contribution is -2.01. The molecule has 0 aliphatic heterocycles. The average molecular weight is 169 g/mol. The maximum atomic E-state index is 9.02. The highest BCUT2D eigenvalue weighted by atomic mass is 16.4. The molecule has 68 valence electrons. The predicted octanol–water partition coefficient (Wildman–Crippen LogP) is 1.60. The van der Waals surface area contributed by atoms with E-state index in [0.29, 0.717) is 12.8 Å². The van der Waals surface area contributed by atoms with Crippen molar-refractivity contribution in [2.75, 3.05) is 0 Å². The van der Waals surface area contributed by atoms with Crippen LogP contribution in [0.5, 0.6) is 0 Å². The van der Waals surface area contributed by atoms with Crippen LogP contribution in [0.4, 0.5) is 0 Å². The van der Waals surface area contributed by atoms with Crippen LogP contribution in [-0.4, -0.2) is 16.2 Å². The van der Waals surface area contributed by atoms with Gasteiger partial charge in [0.2, 0.25) is 0 Å². The zero-order valence-corrected chi connectivity index (χ0v) is 7.79. The Bertz CT molecular complexity index is 234. The Morgan fingerprint density at radius 2 is 2.17 bits per heavy atom.